The smallest absolute Gasteiger partial charge is 0.326 e. The summed E-state index contributed by atoms with van der Waals surface area (Å²) in [5, 5.41) is 18.1. The number of nitrogens with zero attached hydrogens (tertiary/aromatic N) is 1. The molecule has 0 saturated carbocycles. The molecule has 15 heteroatoms. The van der Waals surface area contributed by atoms with E-state index in [-0.39, 0.29) is 43.0 Å². The van der Waals surface area contributed by atoms with Crippen LogP contribution >= 0.6 is 11.8 Å². The summed E-state index contributed by atoms with van der Waals surface area (Å²) in [5.41, 5.74) is 5.41. The third-order valence-electron chi connectivity index (χ3n) is 7.43. The molecular weight excluding hydrogens is 594 g/mol. The Morgan fingerprint density at radius 3 is 2.25 bits per heavy atom. The highest BCUT2D eigenvalue weighted by Crippen LogP contribution is 2.37. The number of nitrogens with two attached hydrogens (primary N) is 1. The maximum Gasteiger partial charge on any atom is 0.326 e. The first-order chi connectivity index (χ1) is 21.4. The molecule has 254 valence electrons. The molecule has 2 heterocycles. The molecule has 0 aromatic heterocycles. The number of rotatable bonds is 27. The molecular formula is C29H53N5O9S. The Morgan fingerprint density at radius 2 is 1.61 bits per heavy atom. The number of unbranched alkanes of at least 4 members (excludes halogenated alkanes) is 2. The number of aliphatic carboxylic acids is 1. The molecule has 4 atom stereocenters. The standard InChI is InChI=1S/C29H53N5O9S/c1-2-34-27-23(33-29(34)39)21-44-24(27)8-3-4-9-25(35)31-12-14-41-16-18-43-20-19-42-17-15-40-13-10-26(36)32-22(28(37)38)7-5-6-11-30/h22-24,27H,2-21,30H2,1H3,(H,31,35)(H,32,36)(H,33,39)(H,37,38)/t22-,23-,24-,27-/m0/s1. The third-order valence-corrected chi connectivity index (χ3v) is 8.93. The molecule has 14 nitrogen and oxygen atoms in total. The van der Waals surface area contributed by atoms with Crippen LogP contribution in [0.3, 0.4) is 0 Å². The highest BCUT2D eigenvalue weighted by molar-refractivity contribution is 8.00. The second-order valence-corrected chi connectivity index (χ2v) is 12.0. The zero-order valence-electron chi connectivity index (χ0n) is 26.1. The van der Waals surface area contributed by atoms with Gasteiger partial charge in [-0.15, -0.1) is 0 Å². The summed E-state index contributed by atoms with van der Waals surface area (Å²) in [5.74, 6) is -0.421. The number of ether oxygens (including phenoxy) is 4. The van der Waals surface area contributed by atoms with Gasteiger partial charge in [-0.2, -0.15) is 11.8 Å². The molecule has 4 amide bonds. The van der Waals surface area contributed by atoms with E-state index in [1.54, 1.807) is 0 Å². The Hall–Kier alpha value is -2.17. The van der Waals surface area contributed by atoms with Crippen molar-refractivity contribution in [1.29, 1.82) is 0 Å². The van der Waals surface area contributed by atoms with Crippen LogP contribution in [0.1, 0.15) is 58.3 Å². The average molecular weight is 648 g/mol. The highest BCUT2D eigenvalue weighted by atomic mass is 32.2. The van der Waals surface area contributed by atoms with Crippen molar-refractivity contribution in [2.24, 2.45) is 5.73 Å². The molecule has 0 aliphatic carbocycles. The zero-order chi connectivity index (χ0) is 32.0. The molecule has 44 heavy (non-hydrogen) atoms. The van der Waals surface area contributed by atoms with E-state index in [0.29, 0.717) is 90.3 Å². The number of thioether (sulfide) groups is 1. The Balaban J connectivity index is 1.31. The van der Waals surface area contributed by atoms with Gasteiger partial charge < -0.3 is 50.6 Å². The van der Waals surface area contributed by atoms with Gasteiger partial charge in [0.2, 0.25) is 11.8 Å². The van der Waals surface area contributed by atoms with Crippen molar-refractivity contribution < 1.29 is 43.2 Å². The van der Waals surface area contributed by atoms with E-state index >= 15 is 0 Å². The quantitative estimate of drug-likeness (QED) is 0.0624. The Morgan fingerprint density at radius 1 is 0.955 bits per heavy atom. The van der Waals surface area contributed by atoms with E-state index in [4.69, 9.17) is 24.7 Å². The van der Waals surface area contributed by atoms with Crippen molar-refractivity contribution in [2.75, 3.05) is 78.2 Å². The van der Waals surface area contributed by atoms with Gasteiger partial charge in [-0.05, 0) is 45.6 Å². The van der Waals surface area contributed by atoms with Crippen LogP contribution in [0.4, 0.5) is 4.79 Å². The minimum absolute atomic E-state index is 0.0278. The first-order valence-corrected chi connectivity index (χ1v) is 16.9. The first kappa shape index (κ1) is 38.0. The summed E-state index contributed by atoms with van der Waals surface area (Å²) in [6.45, 7) is 6.62. The highest BCUT2D eigenvalue weighted by Gasteiger charge is 2.47. The van der Waals surface area contributed by atoms with Crippen molar-refractivity contribution in [1.82, 2.24) is 20.9 Å². The lowest BCUT2D eigenvalue weighted by Crippen LogP contribution is -2.41. The number of hydrogen-bond acceptors (Lipinski definition) is 10. The zero-order valence-corrected chi connectivity index (χ0v) is 26.9. The lowest BCUT2D eigenvalue weighted by atomic mass is 10.0. The lowest BCUT2D eigenvalue weighted by molar-refractivity contribution is -0.142. The minimum Gasteiger partial charge on any atom is -0.480 e. The van der Waals surface area contributed by atoms with Crippen molar-refractivity contribution in [2.45, 2.75) is 81.7 Å². The number of carboxylic acid groups (broad SMARTS) is 1. The first-order valence-electron chi connectivity index (χ1n) is 15.9. The normalized spacial score (nSPS) is 19.9. The van der Waals surface area contributed by atoms with Crippen LogP contribution in [0.15, 0.2) is 0 Å². The van der Waals surface area contributed by atoms with Gasteiger partial charge in [0.15, 0.2) is 0 Å². The SMILES string of the molecule is CCN1C(=O)N[C@H]2CS[C@@H](CCCCC(=O)NCCOCCOCCOCCOCCC(=O)N[C@@H](CCCCN)C(=O)O)[C@H]21. The molecule has 2 fully saturated rings. The van der Waals surface area contributed by atoms with Gasteiger partial charge in [-0.25, -0.2) is 9.59 Å². The number of nitrogens with one attached hydrogen (secondary N) is 3. The van der Waals surface area contributed by atoms with E-state index in [1.165, 1.54) is 0 Å². The van der Waals surface area contributed by atoms with E-state index in [0.717, 1.165) is 31.6 Å². The van der Waals surface area contributed by atoms with Crippen LogP contribution in [-0.2, 0) is 33.3 Å². The summed E-state index contributed by atoms with van der Waals surface area (Å²) in [6, 6.07) is -0.323. The number of likely N-dealkylation sites (N-methyl/N-ethyl adjacent to an activating group) is 1. The number of hydrogen-bond donors (Lipinski definition) is 5. The number of carboxylic acids is 1. The molecule has 0 aromatic rings. The molecule has 0 radical (unpaired) electrons. The molecule has 0 unspecified atom stereocenters. The van der Waals surface area contributed by atoms with Gasteiger partial charge >= 0.3 is 12.0 Å². The summed E-state index contributed by atoms with van der Waals surface area (Å²) < 4.78 is 21.7. The van der Waals surface area contributed by atoms with Crippen molar-refractivity contribution in [3.05, 3.63) is 0 Å². The lowest BCUT2D eigenvalue weighted by Gasteiger charge is -2.26. The second-order valence-electron chi connectivity index (χ2n) is 10.7. The van der Waals surface area contributed by atoms with E-state index < -0.39 is 12.0 Å². The minimum atomic E-state index is -1.05. The number of amides is 4. The fraction of sp³-hybridized carbons (Fsp3) is 0.862. The largest absolute Gasteiger partial charge is 0.480 e. The molecule has 0 bridgehead atoms. The van der Waals surface area contributed by atoms with Crippen LogP contribution < -0.4 is 21.7 Å². The predicted molar refractivity (Wildman–Crippen MR) is 167 cm³/mol. The number of carbonyl (C=O) groups is 4. The van der Waals surface area contributed by atoms with Gasteiger partial charge in [-0.1, -0.05) is 6.42 Å². The molecule has 2 rings (SSSR count). The topological polar surface area (TPSA) is 191 Å². The number of urea groups is 1. The van der Waals surface area contributed by atoms with Crippen molar-refractivity contribution in [3.63, 3.8) is 0 Å². The molecule has 0 aromatic carbocycles. The fourth-order valence-electron chi connectivity index (χ4n) is 5.14. The van der Waals surface area contributed by atoms with E-state index in [9.17, 15) is 24.3 Å². The van der Waals surface area contributed by atoms with Crippen LogP contribution in [0.2, 0.25) is 0 Å². The van der Waals surface area contributed by atoms with Crippen LogP contribution in [0, 0.1) is 0 Å². The van der Waals surface area contributed by atoms with Gasteiger partial charge in [0.1, 0.15) is 6.04 Å². The van der Waals surface area contributed by atoms with Crippen molar-refractivity contribution >= 4 is 35.6 Å². The summed E-state index contributed by atoms with van der Waals surface area (Å²) in [6.07, 6.45) is 5.10. The number of carbonyl (C=O) groups excluding carboxylic acids is 3. The van der Waals surface area contributed by atoms with Gasteiger partial charge in [0.05, 0.1) is 64.9 Å². The monoisotopic (exact) mass is 647 g/mol. The Kier molecular flexibility index (Phi) is 20.1. The van der Waals surface area contributed by atoms with Crippen molar-refractivity contribution in [3.8, 4) is 0 Å². The third kappa shape index (κ3) is 15.2. The predicted octanol–water partition coefficient (Wildman–Crippen LogP) is 0.716. The molecule has 2 aliphatic heterocycles. The maximum atomic E-state index is 12.1. The van der Waals surface area contributed by atoms with E-state index in [1.807, 2.05) is 23.6 Å². The Bertz CT molecular complexity index is 856. The van der Waals surface area contributed by atoms with E-state index in [2.05, 4.69) is 16.0 Å². The van der Waals surface area contributed by atoms with Crippen LogP contribution in [0.25, 0.3) is 0 Å². The summed E-state index contributed by atoms with van der Waals surface area (Å²) in [7, 11) is 0. The molecule has 2 saturated heterocycles. The van der Waals surface area contributed by atoms with Crippen LogP contribution in [0.5, 0.6) is 0 Å². The van der Waals surface area contributed by atoms with Gasteiger partial charge in [0.25, 0.3) is 0 Å². The second kappa shape index (κ2) is 23.2. The number of fused-ring (bicyclic) bond motifs is 1. The fourth-order valence-corrected chi connectivity index (χ4v) is 6.74. The molecule has 2 aliphatic rings. The Labute approximate surface area is 265 Å². The molecule has 0 spiro atoms. The summed E-state index contributed by atoms with van der Waals surface area (Å²) in [4.78, 5) is 49.2. The summed E-state index contributed by atoms with van der Waals surface area (Å²) >= 11 is 1.93. The van der Waals surface area contributed by atoms with Gasteiger partial charge in [0, 0.05) is 36.9 Å². The van der Waals surface area contributed by atoms with Crippen LogP contribution in [-0.4, -0.2) is 135 Å². The molecule has 6 N–H and O–H groups in total. The average Bonchev–Trinajstić information content (AvgIpc) is 3.53. The maximum absolute atomic E-state index is 12.1. The van der Waals surface area contributed by atoms with Gasteiger partial charge in [-0.3, -0.25) is 9.59 Å².